The van der Waals surface area contributed by atoms with Crippen LogP contribution in [0.5, 0.6) is 11.5 Å². The van der Waals surface area contributed by atoms with E-state index in [1.807, 2.05) is 42.5 Å². The largest absolute Gasteiger partial charge is 0.497 e. The molecule has 0 spiro atoms. The van der Waals surface area contributed by atoms with Gasteiger partial charge in [-0.3, -0.25) is 4.79 Å². The summed E-state index contributed by atoms with van der Waals surface area (Å²) in [7, 11) is 1.61. The van der Waals surface area contributed by atoms with Crippen molar-refractivity contribution in [2.45, 2.75) is 25.2 Å². The number of ether oxygens (including phenoxy) is 2. The summed E-state index contributed by atoms with van der Waals surface area (Å²) in [5, 5.41) is 0. The van der Waals surface area contributed by atoms with E-state index in [2.05, 4.69) is 22.5 Å². The zero-order valence-corrected chi connectivity index (χ0v) is 16.3. The van der Waals surface area contributed by atoms with Gasteiger partial charge >= 0.3 is 0 Å². The monoisotopic (exact) mass is 412 g/mol. The second-order valence-electron chi connectivity index (χ2n) is 6.26. The van der Waals surface area contributed by atoms with E-state index < -0.39 is 0 Å². The number of methoxy groups -OCH3 is 1. The van der Waals surface area contributed by atoms with Crippen LogP contribution in [0.4, 0.5) is 0 Å². The normalized spacial score (nSPS) is 18.6. The van der Waals surface area contributed by atoms with Gasteiger partial charge < -0.3 is 9.47 Å². The topological polar surface area (TPSA) is 35.5 Å². The second-order valence-corrected chi connectivity index (χ2v) is 7.17. The average molecular weight is 413 g/mol. The maximum absolute atomic E-state index is 13.1. The third kappa shape index (κ3) is 4.25. The number of benzene rings is 2. The minimum atomic E-state index is -0.173. The van der Waals surface area contributed by atoms with Crippen LogP contribution in [-0.4, -0.2) is 12.9 Å². The maximum atomic E-state index is 13.1. The van der Waals surface area contributed by atoms with Crippen LogP contribution in [0.25, 0.3) is 6.08 Å². The van der Waals surface area contributed by atoms with Gasteiger partial charge in [0.15, 0.2) is 5.78 Å². The summed E-state index contributed by atoms with van der Waals surface area (Å²) in [5.74, 6) is 1.31. The molecule has 1 unspecified atom stereocenters. The SMILES string of the molecule is C=COc1cc(OC)cc(C2CCC/C(=C\c3ccc(Br)cc3)C2=O)c1. The van der Waals surface area contributed by atoms with Crippen LogP contribution in [0, 0.1) is 0 Å². The predicted octanol–water partition coefficient (Wildman–Crippen LogP) is 5.90. The molecule has 1 fully saturated rings. The number of carbonyl (C=O) groups excluding carboxylic acids is 1. The molecule has 1 saturated carbocycles. The number of rotatable bonds is 5. The fourth-order valence-electron chi connectivity index (χ4n) is 3.27. The van der Waals surface area contributed by atoms with Crippen LogP contribution in [0.15, 0.2) is 65.4 Å². The molecule has 0 aromatic heterocycles. The molecule has 1 aliphatic rings. The van der Waals surface area contributed by atoms with Gasteiger partial charge in [0.25, 0.3) is 0 Å². The highest BCUT2D eigenvalue weighted by molar-refractivity contribution is 9.10. The number of allylic oxidation sites excluding steroid dienone is 1. The first kappa shape index (κ1) is 18.5. The molecule has 4 heteroatoms. The molecule has 0 heterocycles. The van der Waals surface area contributed by atoms with Crippen molar-refractivity contribution in [3.63, 3.8) is 0 Å². The van der Waals surface area contributed by atoms with Gasteiger partial charge in [-0.2, -0.15) is 0 Å². The van der Waals surface area contributed by atoms with E-state index in [9.17, 15) is 4.79 Å². The van der Waals surface area contributed by atoms with Gasteiger partial charge in [0.2, 0.25) is 0 Å². The van der Waals surface area contributed by atoms with E-state index in [0.717, 1.165) is 40.4 Å². The summed E-state index contributed by atoms with van der Waals surface area (Å²) >= 11 is 3.44. The van der Waals surface area contributed by atoms with Crippen molar-refractivity contribution in [1.82, 2.24) is 0 Å². The summed E-state index contributed by atoms with van der Waals surface area (Å²) < 4.78 is 11.8. The fourth-order valence-corrected chi connectivity index (χ4v) is 3.54. The molecule has 26 heavy (non-hydrogen) atoms. The van der Waals surface area contributed by atoms with Crippen molar-refractivity contribution in [3.05, 3.63) is 76.5 Å². The van der Waals surface area contributed by atoms with Crippen LogP contribution >= 0.6 is 15.9 Å². The van der Waals surface area contributed by atoms with Crippen molar-refractivity contribution in [1.29, 1.82) is 0 Å². The van der Waals surface area contributed by atoms with E-state index in [0.29, 0.717) is 11.5 Å². The summed E-state index contributed by atoms with van der Waals surface area (Å²) in [6.07, 6.45) is 6.00. The molecule has 134 valence electrons. The van der Waals surface area contributed by atoms with E-state index in [1.165, 1.54) is 6.26 Å². The Morgan fingerprint density at radius 1 is 1.15 bits per heavy atom. The lowest BCUT2D eigenvalue weighted by molar-refractivity contribution is -0.117. The number of halogens is 1. The Hall–Kier alpha value is -2.33. The first-order valence-corrected chi connectivity index (χ1v) is 9.37. The van der Waals surface area contributed by atoms with Gasteiger partial charge in [0, 0.05) is 16.5 Å². The molecule has 0 bridgehead atoms. The highest BCUT2D eigenvalue weighted by Crippen LogP contribution is 2.37. The van der Waals surface area contributed by atoms with Crippen LogP contribution in [0.3, 0.4) is 0 Å². The number of ketones is 1. The molecular formula is C22H21BrO3. The number of hydrogen-bond donors (Lipinski definition) is 0. The van der Waals surface area contributed by atoms with Crippen molar-refractivity contribution in [3.8, 4) is 11.5 Å². The van der Waals surface area contributed by atoms with Gasteiger partial charge in [-0.1, -0.05) is 34.6 Å². The summed E-state index contributed by atoms with van der Waals surface area (Å²) in [6.45, 7) is 3.59. The molecular weight excluding hydrogens is 392 g/mol. The Kier molecular flexibility index (Phi) is 5.94. The van der Waals surface area contributed by atoms with Gasteiger partial charge in [0.1, 0.15) is 11.5 Å². The molecule has 0 radical (unpaired) electrons. The third-order valence-corrected chi connectivity index (χ3v) is 5.07. The molecule has 1 atom stereocenters. The van der Waals surface area contributed by atoms with Crippen molar-refractivity contribution in [2.75, 3.05) is 7.11 Å². The molecule has 2 aromatic carbocycles. The first-order chi connectivity index (χ1) is 12.6. The van der Waals surface area contributed by atoms with Crippen molar-refractivity contribution in [2.24, 2.45) is 0 Å². The van der Waals surface area contributed by atoms with Crippen LogP contribution in [-0.2, 0) is 4.79 Å². The fraction of sp³-hybridized carbons (Fsp3) is 0.227. The van der Waals surface area contributed by atoms with Gasteiger partial charge in [-0.15, -0.1) is 0 Å². The third-order valence-electron chi connectivity index (χ3n) is 4.54. The Bertz CT molecular complexity index is 837. The molecule has 0 N–H and O–H groups in total. The highest BCUT2D eigenvalue weighted by atomic mass is 79.9. The molecule has 1 aliphatic carbocycles. The molecule has 0 aliphatic heterocycles. The molecule has 2 aromatic rings. The van der Waals surface area contributed by atoms with Gasteiger partial charge in [0.05, 0.1) is 13.4 Å². The Morgan fingerprint density at radius 2 is 1.88 bits per heavy atom. The molecule has 3 rings (SSSR count). The summed E-state index contributed by atoms with van der Waals surface area (Å²) in [5.41, 5.74) is 2.84. The van der Waals surface area contributed by atoms with Crippen molar-refractivity contribution < 1.29 is 14.3 Å². The quantitative estimate of drug-likeness (QED) is 0.452. The lowest BCUT2D eigenvalue weighted by Crippen LogP contribution is -2.20. The average Bonchev–Trinajstić information content (AvgIpc) is 2.65. The van der Waals surface area contributed by atoms with Gasteiger partial charge in [-0.25, -0.2) is 0 Å². The van der Waals surface area contributed by atoms with Gasteiger partial charge in [-0.05, 0) is 66.3 Å². The number of Topliss-reactive ketones (excluding diaryl/α,β-unsaturated/α-hetero) is 1. The Labute approximate surface area is 162 Å². The zero-order chi connectivity index (χ0) is 18.5. The smallest absolute Gasteiger partial charge is 0.166 e. The summed E-state index contributed by atoms with van der Waals surface area (Å²) in [6, 6.07) is 13.6. The number of carbonyl (C=O) groups is 1. The Balaban J connectivity index is 1.91. The number of hydrogen-bond acceptors (Lipinski definition) is 3. The van der Waals surface area contributed by atoms with Crippen molar-refractivity contribution >= 4 is 27.8 Å². The highest BCUT2D eigenvalue weighted by Gasteiger charge is 2.28. The molecule has 0 saturated heterocycles. The lowest BCUT2D eigenvalue weighted by atomic mass is 9.79. The van der Waals surface area contributed by atoms with E-state index in [-0.39, 0.29) is 11.7 Å². The van der Waals surface area contributed by atoms with E-state index >= 15 is 0 Å². The lowest BCUT2D eigenvalue weighted by Gasteiger charge is -2.24. The molecule has 0 amide bonds. The predicted molar refractivity (Wildman–Crippen MR) is 108 cm³/mol. The van der Waals surface area contributed by atoms with E-state index in [1.54, 1.807) is 13.2 Å². The first-order valence-electron chi connectivity index (χ1n) is 8.57. The minimum absolute atomic E-state index is 0.173. The van der Waals surface area contributed by atoms with Crippen LogP contribution in [0.2, 0.25) is 0 Å². The Morgan fingerprint density at radius 3 is 2.58 bits per heavy atom. The second kappa shape index (κ2) is 8.37. The maximum Gasteiger partial charge on any atom is 0.166 e. The van der Waals surface area contributed by atoms with E-state index in [4.69, 9.17) is 9.47 Å². The van der Waals surface area contributed by atoms with Crippen LogP contribution in [0.1, 0.15) is 36.3 Å². The minimum Gasteiger partial charge on any atom is -0.497 e. The standard InChI is InChI=1S/C22H21BrO3/c1-3-26-20-13-17(12-19(14-20)25-2)21-6-4-5-16(22(21)24)11-15-7-9-18(23)10-8-15/h3,7-14,21H,1,4-6H2,2H3/b16-11+. The van der Waals surface area contributed by atoms with Crippen LogP contribution < -0.4 is 9.47 Å². The zero-order valence-electron chi connectivity index (χ0n) is 14.7. The summed E-state index contributed by atoms with van der Waals surface area (Å²) in [4.78, 5) is 13.1. The molecule has 3 nitrogen and oxygen atoms in total.